The summed E-state index contributed by atoms with van der Waals surface area (Å²) in [6, 6.07) is 5.68. The Morgan fingerprint density at radius 3 is 2.33 bits per heavy atom. The second kappa shape index (κ2) is 10.8. The average molecular weight is 552 g/mol. The summed E-state index contributed by atoms with van der Waals surface area (Å²) in [5.74, 6) is -1.19. The molecule has 1 aromatic carbocycles. The van der Waals surface area contributed by atoms with E-state index in [2.05, 4.69) is 15.3 Å². The van der Waals surface area contributed by atoms with Crippen LogP contribution in [0.15, 0.2) is 30.3 Å². The van der Waals surface area contributed by atoms with Crippen LogP contribution in [0.25, 0.3) is 0 Å². The lowest BCUT2D eigenvalue weighted by Crippen LogP contribution is -2.37. The highest BCUT2D eigenvalue weighted by Gasteiger charge is 2.22. The zero-order chi connectivity index (χ0) is 22.1. The minimum Gasteiger partial charge on any atom is -0.481 e. The van der Waals surface area contributed by atoms with Crippen molar-refractivity contribution in [2.45, 2.75) is 0 Å². The minimum absolute atomic E-state index is 0.0789. The van der Waals surface area contributed by atoms with Crippen LogP contribution in [-0.2, 0) is 15.0 Å². The maximum atomic E-state index is 12.2. The number of aromatic nitrogens is 2. The number of carbonyl (C=O) groups excluding carboxylic acids is 2. The van der Waals surface area contributed by atoms with Gasteiger partial charge in [-0.05, 0) is 12.1 Å². The molecule has 0 aliphatic carbocycles. The van der Waals surface area contributed by atoms with Gasteiger partial charge >= 0.3 is 22.3 Å². The highest BCUT2D eigenvalue weighted by atomic mass is 127. The predicted molar refractivity (Wildman–Crippen MR) is 112 cm³/mol. The van der Waals surface area contributed by atoms with E-state index < -0.39 is 22.3 Å². The molecule has 1 aromatic heterocycles. The maximum absolute atomic E-state index is 12.2. The molecule has 2 amide bonds. The van der Waals surface area contributed by atoms with E-state index in [0.29, 0.717) is 4.43 Å². The van der Waals surface area contributed by atoms with Gasteiger partial charge < -0.3 is 18.4 Å². The number of carbonyl (C=O) groups is 2. The topological polar surface area (TPSA) is 155 Å². The van der Waals surface area contributed by atoms with Crippen LogP contribution in [0.1, 0.15) is 10.4 Å². The van der Waals surface area contributed by atoms with Crippen LogP contribution >= 0.6 is 22.6 Å². The fourth-order valence-corrected chi connectivity index (χ4v) is 2.89. The molecular weight excluding hydrogens is 535 g/mol. The number of amides is 2. The molecule has 14 heteroatoms. The van der Waals surface area contributed by atoms with Gasteiger partial charge in [-0.15, -0.1) is 0 Å². The third kappa shape index (κ3) is 6.87. The number of halogens is 1. The van der Waals surface area contributed by atoms with E-state index in [0.717, 1.165) is 0 Å². The second-order valence-electron chi connectivity index (χ2n) is 5.19. The SMILES string of the molecule is COc1cc(OC)nc(NC(=O)NS(=O)(=O)Oc2ccccc2C(=O)OCCI)n1. The van der Waals surface area contributed by atoms with Crippen LogP contribution in [-0.4, -0.2) is 55.6 Å². The molecule has 2 rings (SSSR count). The van der Waals surface area contributed by atoms with E-state index in [1.54, 1.807) is 4.72 Å². The first-order valence-electron chi connectivity index (χ1n) is 8.10. The van der Waals surface area contributed by atoms with Gasteiger partial charge in [0.25, 0.3) is 0 Å². The Hall–Kier alpha value is -2.88. The Balaban J connectivity index is 2.11. The highest BCUT2D eigenvalue weighted by Crippen LogP contribution is 2.21. The van der Waals surface area contributed by atoms with Crippen molar-refractivity contribution < 1.29 is 36.4 Å². The monoisotopic (exact) mass is 552 g/mol. The molecule has 0 fully saturated rings. The van der Waals surface area contributed by atoms with Crippen molar-refractivity contribution >= 4 is 50.8 Å². The molecule has 0 radical (unpaired) electrons. The fraction of sp³-hybridized carbons (Fsp3) is 0.250. The summed E-state index contributed by atoms with van der Waals surface area (Å²) in [6.45, 7) is 0.144. The number of anilines is 1. The largest absolute Gasteiger partial charge is 0.481 e. The predicted octanol–water partition coefficient (Wildman–Crippen LogP) is 1.53. The molecule has 1 heterocycles. The number of nitrogens with zero attached hydrogens (tertiary/aromatic N) is 2. The van der Waals surface area contributed by atoms with Crippen LogP contribution in [0.4, 0.5) is 10.7 Å². The van der Waals surface area contributed by atoms with Crippen LogP contribution in [0.3, 0.4) is 0 Å². The molecule has 2 N–H and O–H groups in total. The van der Waals surface area contributed by atoms with Gasteiger partial charge in [-0.3, -0.25) is 5.32 Å². The Morgan fingerprint density at radius 1 is 1.10 bits per heavy atom. The molecule has 0 unspecified atom stereocenters. The maximum Gasteiger partial charge on any atom is 0.411 e. The summed E-state index contributed by atoms with van der Waals surface area (Å²) in [7, 11) is -1.97. The third-order valence-corrected chi connectivity index (χ3v) is 4.43. The molecule has 0 atom stereocenters. The lowest BCUT2D eigenvalue weighted by Gasteiger charge is -2.12. The highest BCUT2D eigenvalue weighted by molar-refractivity contribution is 14.1. The molecule has 0 spiro atoms. The van der Waals surface area contributed by atoms with Crippen molar-refractivity contribution in [3.8, 4) is 17.5 Å². The Bertz CT molecular complexity index is 996. The summed E-state index contributed by atoms with van der Waals surface area (Å²) >= 11 is 2.02. The summed E-state index contributed by atoms with van der Waals surface area (Å²) in [6.07, 6.45) is 0. The van der Waals surface area contributed by atoms with Gasteiger partial charge in [-0.1, -0.05) is 34.7 Å². The number of ether oxygens (including phenoxy) is 3. The Kier molecular flexibility index (Phi) is 8.40. The normalized spacial score (nSPS) is 10.6. The smallest absolute Gasteiger partial charge is 0.411 e. The van der Waals surface area contributed by atoms with Gasteiger partial charge in [0.2, 0.25) is 17.7 Å². The number of methoxy groups -OCH3 is 2. The lowest BCUT2D eigenvalue weighted by molar-refractivity contribution is 0.0531. The van der Waals surface area contributed by atoms with Crippen molar-refractivity contribution in [3.63, 3.8) is 0 Å². The summed E-state index contributed by atoms with van der Waals surface area (Å²) in [5, 5.41) is 2.11. The Morgan fingerprint density at radius 2 is 1.73 bits per heavy atom. The molecule has 30 heavy (non-hydrogen) atoms. The second-order valence-corrected chi connectivity index (χ2v) is 7.55. The molecule has 12 nitrogen and oxygen atoms in total. The van der Waals surface area contributed by atoms with Crippen molar-refractivity contribution in [2.24, 2.45) is 0 Å². The zero-order valence-electron chi connectivity index (χ0n) is 15.7. The van der Waals surface area contributed by atoms with Gasteiger partial charge in [0.1, 0.15) is 12.2 Å². The van der Waals surface area contributed by atoms with E-state index in [-0.39, 0.29) is 35.6 Å². The number of para-hydroxylation sites is 1. The quantitative estimate of drug-likeness (QED) is 0.266. The van der Waals surface area contributed by atoms with E-state index in [9.17, 15) is 18.0 Å². The molecule has 162 valence electrons. The Labute approximate surface area is 185 Å². The molecule has 0 saturated carbocycles. The van der Waals surface area contributed by atoms with Crippen molar-refractivity contribution in [1.29, 1.82) is 0 Å². The summed E-state index contributed by atoms with van der Waals surface area (Å²) < 4.78 is 46.3. The summed E-state index contributed by atoms with van der Waals surface area (Å²) in [4.78, 5) is 31.8. The first-order chi connectivity index (χ1) is 14.3. The van der Waals surface area contributed by atoms with Gasteiger partial charge in [0.15, 0.2) is 5.75 Å². The molecule has 0 saturated heterocycles. The standard InChI is InChI=1S/C16H17IN4O8S/c1-26-12-9-13(27-2)19-15(18-12)20-16(23)21-30(24,25)29-11-6-4-3-5-10(11)14(22)28-8-7-17/h3-6,9H,7-8H2,1-2H3,(H2,18,19,20,21,23). The van der Waals surface area contributed by atoms with Gasteiger partial charge in [-0.2, -0.15) is 18.4 Å². The average Bonchev–Trinajstić information content (AvgIpc) is 2.71. The van der Waals surface area contributed by atoms with E-state index in [4.69, 9.17) is 18.4 Å². The number of alkyl halides is 1. The number of esters is 1. The van der Waals surface area contributed by atoms with Crippen LogP contribution in [0, 0.1) is 0 Å². The molecule has 0 bridgehead atoms. The fourth-order valence-electron chi connectivity index (χ4n) is 1.97. The van der Waals surface area contributed by atoms with Crippen LogP contribution in [0.5, 0.6) is 17.5 Å². The summed E-state index contributed by atoms with van der Waals surface area (Å²) in [5.41, 5.74) is -0.117. The number of hydrogen-bond acceptors (Lipinski definition) is 10. The molecule has 2 aromatic rings. The number of rotatable bonds is 9. The van der Waals surface area contributed by atoms with Crippen LogP contribution in [0.2, 0.25) is 0 Å². The molecule has 0 aliphatic rings. The third-order valence-electron chi connectivity index (χ3n) is 3.16. The van der Waals surface area contributed by atoms with Gasteiger partial charge in [-0.25, -0.2) is 14.3 Å². The first kappa shape index (κ1) is 23.4. The van der Waals surface area contributed by atoms with Crippen molar-refractivity contribution in [1.82, 2.24) is 14.7 Å². The van der Waals surface area contributed by atoms with E-state index in [1.807, 2.05) is 22.6 Å². The number of hydrogen-bond donors (Lipinski definition) is 2. The van der Waals surface area contributed by atoms with Crippen LogP contribution < -0.4 is 23.7 Å². The van der Waals surface area contributed by atoms with E-state index in [1.165, 1.54) is 44.6 Å². The number of urea groups is 1. The lowest BCUT2D eigenvalue weighted by atomic mass is 10.2. The molecule has 0 aliphatic heterocycles. The van der Waals surface area contributed by atoms with Crippen molar-refractivity contribution in [3.05, 3.63) is 35.9 Å². The first-order valence-corrected chi connectivity index (χ1v) is 11.0. The zero-order valence-corrected chi connectivity index (χ0v) is 18.7. The van der Waals surface area contributed by atoms with Gasteiger partial charge in [0.05, 0.1) is 20.3 Å². The number of benzene rings is 1. The minimum atomic E-state index is -4.65. The number of nitrogens with one attached hydrogen (secondary N) is 2. The molecular formula is C16H17IN4O8S. The van der Waals surface area contributed by atoms with E-state index >= 15 is 0 Å². The van der Waals surface area contributed by atoms with Gasteiger partial charge in [0, 0.05) is 4.43 Å². The van der Waals surface area contributed by atoms with Crippen molar-refractivity contribution in [2.75, 3.05) is 30.6 Å².